The average Bonchev–Trinajstić information content (AvgIpc) is 2.27. The van der Waals surface area contributed by atoms with E-state index in [1.807, 2.05) is 13.1 Å². The van der Waals surface area contributed by atoms with Gasteiger partial charge in [-0.15, -0.1) is 0 Å². The number of nitrogens with two attached hydrogens (primary N) is 1. The zero-order valence-corrected chi connectivity index (χ0v) is 8.54. The lowest BCUT2D eigenvalue weighted by molar-refractivity contribution is 0.148. The number of aryl methyl sites for hydroxylation is 1. The van der Waals surface area contributed by atoms with Crippen molar-refractivity contribution in [3.63, 3.8) is 0 Å². The van der Waals surface area contributed by atoms with Crippen LogP contribution in [0.4, 0.5) is 5.82 Å². The van der Waals surface area contributed by atoms with E-state index in [-0.39, 0.29) is 0 Å². The summed E-state index contributed by atoms with van der Waals surface area (Å²) in [5, 5.41) is 4.39. The molecule has 0 radical (unpaired) electrons. The maximum Gasteiger partial charge on any atom is 0.121 e. The SMILES string of the molecule is Cn1nc(C2CC(C)(C)C2)cc1N. The molecule has 0 spiro atoms. The monoisotopic (exact) mass is 179 g/mol. The van der Waals surface area contributed by atoms with Crippen molar-refractivity contribution in [2.45, 2.75) is 32.6 Å². The van der Waals surface area contributed by atoms with Crippen LogP contribution < -0.4 is 5.73 Å². The Morgan fingerprint density at radius 1 is 1.54 bits per heavy atom. The Labute approximate surface area is 78.9 Å². The zero-order valence-electron chi connectivity index (χ0n) is 8.54. The molecular weight excluding hydrogens is 162 g/mol. The number of nitrogens with zero attached hydrogens (tertiary/aromatic N) is 2. The summed E-state index contributed by atoms with van der Waals surface area (Å²) < 4.78 is 1.75. The van der Waals surface area contributed by atoms with Gasteiger partial charge in [-0.3, -0.25) is 4.68 Å². The minimum absolute atomic E-state index is 0.511. The van der Waals surface area contributed by atoms with Crippen LogP contribution in [0.2, 0.25) is 0 Å². The fourth-order valence-electron chi connectivity index (χ4n) is 2.19. The van der Waals surface area contributed by atoms with Crippen LogP contribution in [-0.4, -0.2) is 9.78 Å². The van der Waals surface area contributed by atoms with E-state index in [2.05, 4.69) is 18.9 Å². The molecule has 72 valence electrons. The molecule has 1 heterocycles. The Balaban J connectivity index is 2.12. The Morgan fingerprint density at radius 3 is 2.54 bits per heavy atom. The van der Waals surface area contributed by atoms with Crippen LogP contribution in [0.3, 0.4) is 0 Å². The van der Waals surface area contributed by atoms with Crippen molar-refractivity contribution >= 4 is 5.82 Å². The number of nitrogen functional groups attached to an aromatic ring is 1. The van der Waals surface area contributed by atoms with Gasteiger partial charge in [0.1, 0.15) is 5.82 Å². The largest absolute Gasteiger partial charge is 0.384 e. The summed E-state index contributed by atoms with van der Waals surface area (Å²) >= 11 is 0. The van der Waals surface area contributed by atoms with E-state index in [1.54, 1.807) is 4.68 Å². The fraction of sp³-hybridized carbons (Fsp3) is 0.700. The maximum atomic E-state index is 5.73. The topological polar surface area (TPSA) is 43.8 Å². The van der Waals surface area contributed by atoms with E-state index in [9.17, 15) is 0 Å². The third-order valence-corrected chi connectivity index (χ3v) is 2.95. The standard InChI is InChI=1S/C10H17N3/c1-10(2)5-7(6-10)8-4-9(11)13(3)12-8/h4,7H,5-6,11H2,1-3H3. The van der Waals surface area contributed by atoms with Gasteiger partial charge in [-0.25, -0.2) is 0 Å². The molecule has 0 saturated heterocycles. The normalized spacial score (nSPS) is 21.5. The van der Waals surface area contributed by atoms with Gasteiger partial charge in [0, 0.05) is 19.0 Å². The molecule has 1 aromatic heterocycles. The number of hydrogen-bond donors (Lipinski definition) is 1. The zero-order chi connectivity index (χ0) is 9.64. The van der Waals surface area contributed by atoms with Gasteiger partial charge in [-0.2, -0.15) is 5.10 Å². The second-order valence-electron chi connectivity index (χ2n) is 4.89. The van der Waals surface area contributed by atoms with Gasteiger partial charge in [-0.05, 0) is 18.3 Å². The second kappa shape index (κ2) is 2.50. The third kappa shape index (κ3) is 1.43. The lowest BCUT2D eigenvalue weighted by Crippen LogP contribution is -2.30. The molecule has 0 atom stereocenters. The van der Waals surface area contributed by atoms with Crippen molar-refractivity contribution in [2.24, 2.45) is 12.5 Å². The lowest BCUT2D eigenvalue weighted by atomic mass is 9.63. The molecule has 1 aromatic rings. The molecule has 0 aromatic carbocycles. The molecule has 13 heavy (non-hydrogen) atoms. The lowest BCUT2D eigenvalue weighted by Gasteiger charge is -2.41. The number of rotatable bonds is 1. The van der Waals surface area contributed by atoms with E-state index in [4.69, 9.17) is 5.73 Å². The first-order valence-electron chi connectivity index (χ1n) is 4.77. The van der Waals surface area contributed by atoms with Crippen LogP contribution >= 0.6 is 0 Å². The molecule has 1 aliphatic carbocycles. The molecule has 1 saturated carbocycles. The minimum Gasteiger partial charge on any atom is -0.384 e. The number of anilines is 1. The quantitative estimate of drug-likeness (QED) is 0.715. The Kier molecular flexibility index (Phi) is 1.65. The fourth-order valence-corrected chi connectivity index (χ4v) is 2.19. The Morgan fingerprint density at radius 2 is 2.15 bits per heavy atom. The smallest absolute Gasteiger partial charge is 0.121 e. The highest BCUT2D eigenvalue weighted by Crippen LogP contribution is 2.50. The minimum atomic E-state index is 0.511. The van der Waals surface area contributed by atoms with Crippen molar-refractivity contribution < 1.29 is 0 Å². The van der Waals surface area contributed by atoms with E-state index in [0.717, 1.165) is 5.82 Å². The predicted molar refractivity (Wildman–Crippen MR) is 53.4 cm³/mol. The van der Waals surface area contributed by atoms with Gasteiger partial charge in [-0.1, -0.05) is 13.8 Å². The first kappa shape index (κ1) is 8.60. The van der Waals surface area contributed by atoms with Crippen LogP contribution in [0.1, 0.15) is 38.3 Å². The molecule has 1 aliphatic rings. The second-order valence-corrected chi connectivity index (χ2v) is 4.89. The van der Waals surface area contributed by atoms with Crippen molar-refractivity contribution in [3.05, 3.63) is 11.8 Å². The molecule has 2 N–H and O–H groups in total. The van der Waals surface area contributed by atoms with Crippen LogP contribution in [0.25, 0.3) is 0 Å². The van der Waals surface area contributed by atoms with Gasteiger partial charge >= 0.3 is 0 Å². The average molecular weight is 179 g/mol. The summed E-state index contributed by atoms with van der Waals surface area (Å²) in [5.41, 5.74) is 7.40. The van der Waals surface area contributed by atoms with E-state index in [0.29, 0.717) is 11.3 Å². The van der Waals surface area contributed by atoms with Crippen molar-refractivity contribution in [2.75, 3.05) is 5.73 Å². The van der Waals surface area contributed by atoms with Crippen molar-refractivity contribution in [1.82, 2.24) is 9.78 Å². The Hall–Kier alpha value is -0.990. The van der Waals surface area contributed by atoms with Gasteiger partial charge < -0.3 is 5.73 Å². The summed E-state index contributed by atoms with van der Waals surface area (Å²) in [6, 6.07) is 2.00. The maximum absolute atomic E-state index is 5.73. The summed E-state index contributed by atoms with van der Waals surface area (Å²) in [5.74, 6) is 1.40. The highest BCUT2D eigenvalue weighted by molar-refractivity contribution is 5.33. The first-order valence-corrected chi connectivity index (χ1v) is 4.77. The summed E-state index contributed by atoms with van der Waals surface area (Å²) in [6.07, 6.45) is 2.48. The highest BCUT2D eigenvalue weighted by Gasteiger charge is 2.38. The van der Waals surface area contributed by atoms with E-state index < -0.39 is 0 Å². The van der Waals surface area contributed by atoms with Crippen LogP contribution in [0.5, 0.6) is 0 Å². The summed E-state index contributed by atoms with van der Waals surface area (Å²) in [6.45, 7) is 4.60. The van der Waals surface area contributed by atoms with Gasteiger partial charge in [0.2, 0.25) is 0 Å². The number of aromatic nitrogens is 2. The summed E-state index contributed by atoms with van der Waals surface area (Å²) in [4.78, 5) is 0. The molecule has 3 nitrogen and oxygen atoms in total. The van der Waals surface area contributed by atoms with E-state index in [1.165, 1.54) is 18.5 Å². The van der Waals surface area contributed by atoms with Crippen LogP contribution in [0, 0.1) is 5.41 Å². The van der Waals surface area contributed by atoms with Gasteiger partial charge in [0.25, 0.3) is 0 Å². The molecule has 1 fully saturated rings. The molecule has 0 bridgehead atoms. The number of hydrogen-bond acceptors (Lipinski definition) is 2. The van der Waals surface area contributed by atoms with Crippen molar-refractivity contribution in [1.29, 1.82) is 0 Å². The molecular formula is C10H17N3. The molecule has 3 heteroatoms. The third-order valence-electron chi connectivity index (χ3n) is 2.95. The van der Waals surface area contributed by atoms with Crippen LogP contribution in [0.15, 0.2) is 6.07 Å². The molecule has 2 rings (SSSR count). The molecule has 0 aliphatic heterocycles. The van der Waals surface area contributed by atoms with Crippen LogP contribution in [-0.2, 0) is 7.05 Å². The summed E-state index contributed by atoms with van der Waals surface area (Å²) in [7, 11) is 1.89. The van der Waals surface area contributed by atoms with Gasteiger partial charge in [0.05, 0.1) is 5.69 Å². The first-order chi connectivity index (χ1) is 5.98. The Bertz CT molecular complexity index is 297. The van der Waals surface area contributed by atoms with Gasteiger partial charge in [0.15, 0.2) is 0 Å². The molecule has 0 unspecified atom stereocenters. The van der Waals surface area contributed by atoms with E-state index >= 15 is 0 Å². The predicted octanol–water partition coefficient (Wildman–Crippen LogP) is 1.91. The molecule has 0 amide bonds. The highest BCUT2D eigenvalue weighted by atomic mass is 15.3. The van der Waals surface area contributed by atoms with Crippen molar-refractivity contribution in [3.8, 4) is 0 Å².